The summed E-state index contributed by atoms with van der Waals surface area (Å²) in [6.07, 6.45) is 5.13. The van der Waals surface area contributed by atoms with Crippen molar-refractivity contribution in [3.8, 4) is 0 Å². The van der Waals surface area contributed by atoms with Crippen molar-refractivity contribution < 1.29 is 0 Å². The summed E-state index contributed by atoms with van der Waals surface area (Å²) in [7, 11) is 0. The van der Waals surface area contributed by atoms with E-state index in [4.69, 9.17) is 11.5 Å². The normalized spacial score (nSPS) is 28.2. The quantitative estimate of drug-likeness (QED) is 0.794. The third kappa shape index (κ3) is 3.23. The zero-order valence-corrected chi connectivity index (χ0v) is 11.7. The Balaban J connectivity index is 0.000000686. The van der Waals surface area contributed by atoms with Crippen molar-refractivity contribution in [2.45, 2.75) is 58.7 Å². The molecule has 1 aliphatic heterocycles. The molecule has 100 valence electrons. The monoisotopic (exact) mass is 239 g/mol. The maximum Gasteiger partial charge on any atom is 0.0739 e. The van der Waals surface area contributed by atoms with Crippen molar-refractivity contribution in [1.29, 1.82) is 0 Å². The predicted molar refractivity (Wildman–Crippen MR) is 74.3 cm³/mol. The largest absolute Gasteiger partial charge is 0.360 e. The van der Waals surface area contributed by atoms with Crippen LogP contribution in [0.1, 0.15) is 46.5 Å². The van der Waals surface area contributed by atoms with Gasteiger partial charge >= 0.3 is 0 Å². The van der Waals surface area contributed by atoms with E-state index in [0.717, 1.165) is 18.9 Å². The van der Waals surface area contributed by atoms with Gasteiger partial charge in [-0.2, -0.15) is 0 Å². The van der Waals surface area contributed by atoms with Crippen LogP contribution in [0.4, 0.5) is 0 Å². The van der Waals surface area contributed by atoms with Crippen LogP contribution in [0, 0.1) is 11.8 Å². The lowest BCUT2D eigenvalue weighted by atomic mass is 9.75. The van der Waals surface area contributed by atoms with Crippen LogP contribution >= 0.6 is 0 Å². The van der Waals surface area contributed by atoms with Crippen molar-refractivity contribution in [2.24, 2.45) is 23.3 Å². The van der Waals surface area contributed by atoms with Gasteiger partial charge in [-0.05, 0) is 38.0 Å². The van der Waals surface area contributed by atoms with E-state index in [2.05, 4.69) is 11.5 Å². The average Bonchev–Trinajstić information content (AvgIpc) is 2.61. The zero-order valence-electron chi connectivity index (χ0n) is 11.7. The Morgan fingerprint density at radius 2 is 1.82 bits per heavy atom. The van der Waals surface area contributed by atoms with Gasteiger partial charge in [0.2, 0.25) is 0 Å². The standard InChI is InChI=1S/C12H23N3.C2H6/c1-8-6-11(7-15(8)9(2)13)12(14)10-4-3-5-10;1-2/h9-12H,1,3-7,13-14H2,2H3;1-2H3. The fourth-order valence-electron chi connectivity index (χ4n) is 2.79. The summed E-state index contributed by atoms with van der Waals surface area (Å²) >= 11 is 0. The molecule has 1 saturated heterocycles. The van der Waals surface area contributed by atoms with Crippen LogP contribution < -0.4 is 11.5 Å². The Hall–Kier alpha value is -0.540. The molecule has 3 heteroatoms. The van der Waals surface area contributed by atoms with Crippen molar-refractivity contribution in [1.82, 2.24) is 4.90 Å². The third-order valence-electron chi connectivity index (χ3n) is 4.07. The third-order valence-corrected chi connectivity index (χ3v) is 4.07. The highest BCUT2D eigenvalue weighted by molar-refractivity contribution is 5.07. The van der Waals surface area contributed by atoms with Gasteiger partial charge in [-0.25, -0.2) is 0 Å². The second-order valence-corrected chi connectivity index (χ2v) is 5.19. The molecule has 1 aliphatic carbocycles. The lowest BCUT2D eigenvalue weighted by Crippen LogP contribution is -2.43. The van der Waals surface area contributed by atoms with Crippen molar-refractivity contribution >= 4 is 0 Å². The first-order valence-electron chi connectivity index (χ1n) is 7.05. The minimum Gasteiger partial charge on any atom is -0.360 e. The Kier molecular flexibility index (Phi) is 5.47. The number of rotatable bonds is 3. The van der Waals surface area contributed by atoms with Gasteiger partial charge in [0.05, 0.1) is 6.17 Å². The fraction of sp³-hybridized carbons (Fsp3) is 0.857. The topological polar surface area (TPSA) is 55.3 Å². The fourth-order valence-corrected chi connectivity index (χ4v) is 2.79. The predicted octanol–water partition coefficient (Wildman–Crippen LogP) is 2.28. The van der Waals surface area contributed by atoms with Crippen molar-refractivity contribution in [3.05, 3.63) is 12.3 Å². The van der Waals surface area contributed by atoms with Gasteiger partial charge in [0.1, 0.15) is 0 Å². The molecule has 17 heavy (non-hydrogen) atoms. The molecule has 0 radical (unpaired) electrons. The Labute approximate surface area is 106 Å². The zero-order chi connectivity index (χ0) is 13.0. The minimum absolute atomic E-state index is 0.0797. The highest BCUT2D eigenvalue weighted by Crippen LogP contribution is 2.37. The molecule has 1 heterocycles. The maximum absolute atomic E-state index is 6.30. The summed E-state index contributed by atoms with van der Waals surface area (Å²) in [6.45, 7) is 11.1. The van der Waals surface area contributed by atoms with Crippen LogP contribution in [0.5, 0.6) is 0 Å². The van der Waals surface area contributed by atoms with Crippen molar-refractivity contribution in [3.63, 3.8) is 0 Å². The lowest BCUT2D eigenvalue weighted by Gasteiger charge is -2.35. The summed E-state index contributed by atoms with van der Waals surface area (Å²) in [5.74, 6) is 1.34. The Bertz CT molecular complexity index is 246. The van der Waals surface area contributed by atoms with Gasteiger partial charge in [0.15, 0.2) is 0 Å². The molecule has 0 amide bonds. The smallest absolute Gasteiger partial charge is 0.0739 e. The highest BCUT2D eigenvalue weighted by atomic mass is 15.2. The molecule has 0 spiro atoms. The average molecular weight is 239 g/mol. The van der Waals surface area contributed by atoms with E-state index in [1.165, 1.54) is 25.0 Å². The molecule has 1 saturated carbocycles. The van der Waals surface area contributed by atoms with Crippen LogP contribution in [0.25, 0.3) is 0 Å². The lowest BCUT2D eigenvalue weighted by molar-refractivity contribution is 0.197. The van der Waals surface area contributed by atoms with Crippen LogP contribution in [-0.2, 0) is 0 Å². The summed E-state index contributed by atoms with van der Waals surface area (Å²) in [4.78, 5) is 2.20. The van der Waals surface area contributed by atoms with E-state index in [1.807, 2.05) is 20.8 Å². The van der Waals surface area contributed by atoms with Gasteiger partial charge in [0.25, 0.3) is 0 Å². The van der Waals surface area contributed by atoms with E-state index < -0.39 is 0 Å². The van der Waals surface area contributed by atoms with Gasteiger partial charge in [-0.3, -0.25) is 0 Å². The first-order chi connectivity index (χ1) is 8.09. The van der Waals surface area contributed by atoms with E-state index in [1.54, 1.807) is 0 Å². The number of nitrogens with zero attached hydrogens (tertiary/aromatic N) is 1. The molecule has 4 N–H and O–H groups in total. The second-order valence-electron chi connectivity index (χ2n) is 5.19. The van der Waals surface area contributed by atoms with Crippen LogP contribution in [-0.4, -0.2) is 23.7 Å². The molecule has 2 aliphatic rings. The summed E-state index contributed by atoms with van der Waals surface area (Å²) < 4.78 is 0. The molecule has 3 unspecified atom stereocenters. The molecule has 0 aromatic heterocycles. The maximum atomic E-state index is 6.30. The molecule has 3 nitrogen and oxygen atoms in total. The molecular formula is C14H29N3. The van der Waals surface area contributed by atoms with Crippen LogP contribution in [0.2, 0.25) is 0 Å². The summed E-state index contributed by atoms with van der Waals surface area (Å²) in [5, 5.41) is 0. The second kappa shape index (κ2) is 6.41. The molecule has 0 aromatic rings. The van der Waals surface area contributed by atoms with E-state index in [0.29, 0.717) is 12.0 Å². The molecule has 0 bridgehead atoms. The molecular weight excluding hydrogens is 210 g/mol. The van der Waals surface area contributed by atoms with E-state index >= 15 is 0 Å². The van der Waals surface area contributed by atoms with Crippen molar-refractivity contribution in [2.75, 3.05) is 6.54 Å². The van der Waals surface area contributed by atoms with Crippen LogP contribution in [0.3, 0.4) is 0 Å². The molecule has 0 aromatic carbocycles. The molecule has 2 fully saturated rings. The van der Waals surface area contributed by atoms with Gasteiger partial charge < -0.3 is 16.4 Å². The minimum atomic E-state index is 0.0797. The number of hydrogen-bond acceptors (Lipinski definition) is 3. The molecule has 3 atom stereocenters. The first-order valence-corrected chi connectivity index (χ1v) is 7.05. The Morgan fingerprint density at radius 3 is 2.18 bits per heavy atom. The first kappa shape index (κ1) is 14.5. The van der Waals surface area contributed by atoms with Gasteiger partial charge in [-0.15, -0.1) is 0 Å². The van der Waals surface area contributed by atoms with E-state index in [9.17, 15) is 0 Å². The Morgan fingerprint density at radius 1 is 1.24 bits per heavy atom. The highest BCUT2D eigenvalue weighted by Gasteiger charge is 2.36. The molecule has 2 rings (SSSR count). The van der Waals surface area contributed by atoms with Gasteiger partial charge in [0, 0.05) is 18.3 Å². The van der Waals surface area contributed by atoms with E-state index in [-0.39, 0.29) is 6.17 Å². The number of hydrogen-bond donors (Lipinski definition) is 2. The number of likely N-dealkylation sites (tertiary alicyclic amines) is 1. The summed E-state index contributed by atoms with van der Waals surface area (Å²) in [5.41, 5.74) is 13.4. The number of nitrogens with two attached hydrogens (primary N) is 2. The summed E-state index contributed by atoms with van der Waals surface area (Å²) in [6, 6.07) is 0.360. The number of allylic oxidation sites excluding steroid dienone is 1. The SMILES string of the molecule is C=C1CC(C(N)C2CCC2)CN1C(C)N.CC. The van der Waals surface area contributed by atoms with Crippen LogP contribution in [0.15, 0.2) is 12.3 Å². The van der Waals surface area contributed by atoms with Gasteiger partial charge in [-0.1, -0.05) is 26.8 Å².